The fourth-order valence-corrected chi connectivity index (χ4v) is 5.64. The molecule has 4 aromatic carbocycles. The quantitative estimate of drug-likeness (QED) is 0.223. The number of rotatable bonds is 4. The summed E-state index contributed by atoms with van der Waals surface area (Å²) in [5.74, 6) is 0. The number of pyridine rings is 1. The average molecular weight is 511 g/mol. The zero-order valence-corrected chi connectivity index (χ0v) is 22.5. The lowest BCUT2D eigenvalue weighted by atomic mass is 9.78. The highest BCUT2D eigenvalue weighted by Crippen LogP contribution is 2.42. The number of hydrogen-bond acceptors (Lipinski definition) is 2. The number of furan rings is 1. The van der Waals surface area contributed by atoms with Crippen molar-refractivity contribution >= 4 is 21.9 Å². The van der Waals surface area contributed by atoms with Crippen molar-refractivity contribution in [2.45, 2.75) is 33.0 Å². The second-order valence-corrected chi connectivity index (χ2v) is 10.7. The van der Waals surface area contributed by atoms with Crippen LogP contribution in [0.2, 0.25) is 0 Å². The fraction of sp³-hybridized carbons (Fsp3) is 0.167. The number of benzene rings is 4. The normalized spacial score (nSPS) is 13.2. The minimum Gasteiger partial charge on any atom is -0.454 e. The molecule has 0 N–H and O–H groups in total. The number of nitrogens with zero attached hydrogens (tertiary/aromatic N) is 2. The van der Waals surface area contributed by atoms with Crippen LogP contribution in [0.1, 0.15) is 45.8 Å². The van der Waals surface area contributed by atoms with Crippen LogP contribution in [-0.2, 0) is 12.5 Å². The highest BCUT2D eigenvalue weighted by molar-refractivity contribution is 6.14. The van der Waals surface area contributed by atoms with Gasteiger partial charge in [-0.2, -0.15) is 5.26 Å². The maximum absolute atomic E-state index is 10.1. The zero-order chi connectivity index (χ0) is 29.8. The first-order chi connectivity index (χ1) is 20.0. The monoisotopic (exact) mass is 510 g/mol. The van der Waals surface area contributed by atoms with Crippen molar-refractivity contribution in [3.63, 3.8) is 0 Å². The van der Waals surface area contributed by atoms with Crippen LogP contribution in [0.25, 0.3) is 44.3 Å². The van der Waals surface area contributed by atoms with E-state index in [0.29, 0.717) is 16.7 Å². The molecule has 3 heteroatoms. The first kappa shape index (κ1) is 21.3. The van der Waals surface area contributed by atoms with Crippen LogP contribution in [0.3, 0.4) is 0 Å². The predicted molar refractivity (Wildman–Crippen MR) is 159 cm³/mol. The molecule has 190 valence electrons. The van der Waals surface area contributed by atoms with E-state index in [1.165, 1.54) is 11.1 Å². The van der Waals surface area contributed by atoms with Gasteiger partial charge in [-0.05, 0) is 54.2 Å². The molecule has 0 saturated carbocycles. The fourth-order valence-electron chi connectivity index (χ4n) is 5.64. The Morgan fingerprint density at radius 1 is 0.795 bits per heavy atom. The Hall–Kier alpha value is -4.68. The van der Waals surface area contributed by atoms with Crippen LogP contribution in [-0.4, -0.2) is 0 Å². The molecule has 6 aromatic rings. The molecule has 3 nitrogen and oxygen atoms in total. The lowest BCUT2D eigenvalue weighted by Gasteiger charge is -2.26. The molecule has 39 heavy (non-hydrogen) atoms. The second-order valence-electron chi connectivity index (χ2n) is 10.7. The lowest BCUT2D eigenvalue weighted by molar-refractivity contribution is -0.660. The smallest absolute Gasteiger partial charge is 0.216 e. The van der Waals surface area contributed by atoms with E-state index in [1.807, 2.05) is 42.8 Å². The van der Waals surface area contributed by atoms with Gasteiger partial charge in [0.05, 0.1) is 17.2 Å². The Balaban J connectivity index is 1.54. The molecular formula is C36H31N2O+. The highest BCUT2D eigenvalue weighted by atomic mass is 16.3. The largest absolute Gasteiger partial charge is 0.454 e. The lowest BCUT2D eigenvalue weighted by Crippen LogP contribution is -2.31. The molecule has 0 unspecified atom stereocenters. The van der Waals surface area contributed by atoms with Gasteiger partial charge in [-0.15, -0.1) is 0 Å². The van der Waals surface area contributed by atoms with Gasteiger partial charge >= 0.3 is 0 Å². The van der Waals surface area contributed by atoms with Crippen LogP contribution < -0.4 is 4.57 Å². The maximum Gasteiger partial charge on any atom is 0.216 e. The van der Waals surface area contributed by atoms with Gasteiger partial charge in [0.25, 0.3) is 0 Å². The van der Waals surface area contributed by atoms with Gasteiger partial charge in [0.2, 0.25) is 5.69 Å². The third-order valence-corrected chi connectivity index (χ3v) is 7.92. The summed E-state index contributed by atoms with van der Waals surface area (Å²) in [6.07, 6.45) is 1.65. The average Bonchev–Trinajstić information content (AvgIpc) is 3.35. The van der Waals surface area contributed by atoms with E-state index < -0.39 is 6.85 Å². The molecule has 2 heterocycles. The van der Waals surface area contributed by atoms with Crippen molar-refractivity contribution in [1.82, 2.24) is 0 Å². The number of hydrogen-bond donors (Lipinski definition) is 0. The van der Waals surface area contributed by atoms with Crippen LogP contribution >= 0.6 is 0 Å². The SMILES string of the molecule is [2H]C([2H])([2H])c1ccc(-c2c(C)ccc3c2oc2c(-c4ccc(C(C)(C)c5ccccc5)cc4)c(C#N)ccc23)[n+](C)c1. The first-order valence-corrected chi connectivity index (χ1v) is 13.1. The van der Waals surface area contributed by atoms with E-state index in [9.17, 15) is 5.26 Å². The number of aryl methyl sites for hydroxylation is 3. The van der Waals surface area contributed by atoms with Crippen LogP contribution in [0.4, 0.5) is 0 Å². The Bertz CT molecular complexity index is 2010. The van der Waals surface area contributed by atoms with Crippen molar-refractivity contribution in [1.29, 1.82) is 5.26 Å². The van der Waals surface area contributed by atoms with Crippen molar-refractivity contribution in [2.75, 3.05) is 0 Å². The van der Waals surface area contributed by atoms with Crippen molar-refractivity contribution in [3.8, 4) is 28.5 Å². The Morgan fingerprint density at radius 3 is 2.13 bits per heavy atom. The van der Waals surface area contributed by atoms with Crippen molar-refractivity contribution < 1.29 is 13.1 Å². The molecule has 0 bridgehead atoms. The second kappa shape index (κ2) is 9.26. The van der Waals surface area contributed by atoms with E-state index in [0.717, 1.165) is 38.7 Å². The zero-order valence-electron chi connectivity index (χ0n) is 25.5. The number of aromatic nitrogens is 1. The van der Waals surface area contributed by atoms with E-state index in [-0.39, 0.29) is 11.0 Å². The van der Waals surface area contributed by atoms with E-state index in [4.69, 9.17) is 8.53 Å². The molecule has 0 amide bonds. The Kier molecular flexibility index (Phi) is 5.05. The van der Waals surface area contributed by atoms with Gasteiger partial charge in [-0.1, -0.05) is 80.6 Å². The van der Waals surface area contributed by atoms with E-state index >= 15 is 0 Å². The van der Waals surface area contributed by atoms with E-state index in [2.05, 4.69) is 80.6 Å². The highest BCUT2D eigenvalue weighted by Gasteiger charge is 2.25. The van der Waals surface area contributed by atoms with Gasteiger partial charge in [-0.25, -0.2) is 4.57 Å². The van der Waals surface area contributed by atoms with Gasteiger partial charge < -0.3 is 4.42 Å². The summed E-state index contributed by atoms with van der Waals surface area (Å²) in [4.78, 5) is 0. The summed E-state index contributed by atoms with van der Waals surface area (Å²) in [6.45, 7) is 4.26. The molecule has 0 atom stereocenters. The minimum absolute atomic E-state index is 0.180. The number of nitriles is 1. The van der Waals surface area contributed by atoms with Gasteiger partial charge in [0.1, 0.15) is 18.2 Å². The molecular weight excluding hydrogens is 476 g/mol. The molecule has 0 fully saturated rings. The summed E-state index contributed by atoms with van der Waals surface area (Å²) in [5.41, 5.74) is 8.85. The van der Waals surface area contributed by atoms with Crippen LogP contribution in [0.5, 0.6) is 0 Å². The van der Waals surface area contributed by atoms with Crippen LogP contribution in [0.15, 0.2) is 102 Å². The van der Waals surface area contributed by atoms with Gasteiger partial charge in [0, 0.05) is 37.5 Å². The summed E-state index contributed by atoms with van der Waals surface area (Å²) in [5, 5.41) is 12.0. The molecule has 2 aromatic heterocycles. The van der Waals surface area contributed by atoms with Crippen molar-refractivity contribution in [2.24, 2.45) is 7.05 Å². The van der Waals surface area contributed by atoms with Crippen molar-refractivity contribution in [3.05, 3.63) is 125 Å². The summed E-state index contributed by atoms with van der Waals surface area (Å²) >= 11 is 0. The molecule has 0 aliphatic carbocycles. The topological polar surface area (TPSA) is 40.8 Å². The third-order valence-electron chi connectivity index (χ3n) is 7.92. The third kappa shape index (κ3) is 4.01. The maximum atomic E-state index is 10.1. The van der Waals surface area contributed by atoms with E-state index in [1.54, 1.807) is 12.3 Å². The predicted octanol–water partition coefficient (Wildman–Crippen LogP) is 8.56. The molecule has 6 rings (SSSR count). The summed E-state index contributed by atoms with van der Waals surface area (Å²) in [6, 6.07) is 32.6. The van der Waals surface area contributed by atoms with Crippen LogP contribution in [0, 0.1) is 25.1 Å². The standard InChI is InChI=1S/C36H31N2O/c1-23-11-20-31(38(5)22-23)32-24(2)12-18-29-30-19-15-26(21-37)33(35(30)39-34(29)32)25-13-16-28(17-14-25)36(3,4)27-9-7-6-8-10-27/h6-20,22H,1-5H3/q+1/i1D3. The number of fused-ring (bicyclic) bond motifs is 3. The molecule has 0 aliphatic rings. The summed E-state index contributed by atoms with van der Waals surface area (Å²) < 4.78 is 31.9. The Morgan fingerprint density at radius 2 is 1.46 bits per heavy atom. The molecule has 0 saturated heterocycles. The Labute approximate surface area is 233 Å². The minimum atomic E-state index is -2.19. The molecule has 0 aliphatic heterocycles. The van der Waals surface area contributed by atoms with Gasteiger partial charge in [0.15, 0.2) is 6.20 Å². The molecule has 0 spiro atoms. The summed E-state index contributed by atoms with van der Waals surface area (Å²) in [7, 11) is 1.85. The van der Waals surface area contributed by atoms with Gasteiger partial charge in [-0.3, -0.25) is 0 Å². The first-order valence-electron chi connectivity index (χ1n) is 14.6. The molecule has 0 radical (unpaired) electrons.